The second-order valence-corrected chi connectivity index (χ2v) is 5.57. The van der Waals surface area contributed by atoms with Gasteiger partial charge in [-0.05, 0) is 13.0 Å². The number of halogens is 1. The summed E-state index contributed by atoms with van der Waals surface area (Å²) in [5.41, 5.74) is 0.621. The van der Waals surface area contributed by atoms with Gasteiger partial charge in [-0.15, -0.1) is 0 Å². The molecule has 0 fully saturated rings. The number of nitro groups is 1. The maximum atomic E-state index is 13.7. The Balaban J connectivity index is 1.63. The number of benzene rings is 1. The fraction of sp³-hybridized carbons (Fsp3) is 0.188. The van der Waals surface area contributed by atoms with Crippen LogP contribution in [0.4, 0.5) is 15.9 Å². The van der Waals surface area contributed by atoms with Crippen LogP contribution in [-0.4, -0.2) is 30.4 Å². The van der Waals surface area contributed by atoms with E-state index in [0.717, 1.165) is 6.20 Å². The predicted molar refractivity (Wildman–Crippen MR) is 90.0 cm³/mol. The summed E-state index contributed by atoms with van der Waals surface area (Å²) in [5, 5.41) is 21.4. The lowest BCUT2D eigenvalue weighted by Crippen LogP contribution is -2.20. The molecule has 0 aliphatic rings. The van der Waals surface area contributed by atoms with E-state index in [9.17, 15) is 19.3 Å². The standard InChI is InChI=1S/C16H15FN6O3/c1-11-14(23(25)26)8-18-22(11)10-16(24)19-15-6-7-21(20-15)9-12-4-2-3-5-13(12)17/h2-8H,9-10H2,1H3,(H,19,20,24). The van der Waals surface area contributed by atoms with E-state index < -0.39 is 10.8 Å². The summed E-state index contributed by atoms with van der Waals surface area (Å²) in [7, 11) is 0. The van der Waals surface area contributed by atoms with Gasteiger partial charge in [-0.3, -0.25) is 24.3 Å². The number of hydrogen-bond acceptors (Lipinski definition) is 5. The smallest absolute Gasteiger partial charge is 0.308 e. The number of hydrogen-bond donors (Lipinski definition) is 1. The molecule has 0 unspecified atom stereocenters. The Hall–Kier alpha value is -3.56. The van der Waals surface area contributed by atoms with Crippen molar-refractivity contribution < 1.29 is 14.1 Å². The molecule has 1 aromatic carbocycles. The minimum Gasteiger partial charge on any atom is -0.308 e. The third kappa shape index (κ3) is 3.74. The molecule has 2 aromatic heterocycles. The molecule has 0 radical (unpaired) electrons. The van der Waals surface area contributed by atoms with Crippen LogP contribution < -0.4 is 5.32 Å². The van der Waals surface area contributed by atoms with Crippen molar-refractivity contribution in [3.63, 3.8) is 0 Å². The number of nitrogens with zero attached hydrogens (tertiary/aromatic N) is 5. The van der Waals surface area contributed by atoms with Crippen LogP contribution in [0.15, 0.2) is 42.7 Å². The van der Waals surface area contributed by atoms with Gasteiger partial charge >= 0.3 is 5.69 Å². The number of anilines is 1. The van der Waals surface area contributed by atoms with Gasteiger partial charge in [-0.25, -0.2) is 4.39 Å². The first-order valence-electron chi connectivity index (χ1n) is 7.67. The molecule has 0 saturated carbocycles. The van der Waals surface area contributed by atoms with Gasteiger partial charge in [0.1, 0.15) is 24.3 Å². The van der Waals surface area contributed by atoms with Gasteiger partial charge in [0, 0.05) is 17.8 Å². The van der Waals surface area contributed by atoms with E-state index in [4.69, 9.17) is 0 Å². The van der Waals surface area contributed by atoms with Gasteiger partial charge < -0.3 is 5.32 Å². The number of nitrogens with one attached hydrogen (secondary N) is 1. The number of carbonyl (C=O) groups is 1. The molecule has 0 spiro atoms. The highest BCUT2D eigenvalue weighted by molar-refractivity contribution is 5.89. The van der Waals surface area contributed by atoms with Gasteiger partial charge in [0.25, 0.3) is 0 Å². The first-order valence-corrected chi connectivity index (χ1v) is 7.67. The monoisotopic (exact) mass is 358 g/mol. The summed E-state index contributed by atoms with van der Waals surface area (Å²) >= 11 is 0. The van der Waals surface area contributed by atoms with Crippen molar-refractivity contribution in [1.29, 1.82) is 0 Å². The van der Waals surface area contributed by atoms with Crippen molar-refractivity contribution in [2.24, 2.45) is 0 Å². The zero-order chi connectivity index (χ0) is 18.7. The van der Waals surface area contributed by atoms with E-state index in [-0.39, 0.29) is 30.3 Å². The molecule has 0 bridgehead atoms. The molecule has 134 valence electrons. The van der Waals surface area contributed by atoms with Crippen LogP contribution in [0, 0.1) is 22.9 Å². The first kappa shape index (κ1) is 17.3. The highest BCUT2D eigenvalue weighted by Crippen LogP contribution is 2.16. The van der Waals surface area contributed by atoms with E-state index in [2.05, 4.69) is 15.5 Å². The minimum atomic E-state index is -0.554. The van der Waals surface area contributed by atoms with Crippen LogP contribution in [-0.2, 0) is 17.9 Å². The lowest BCUT2D eigenvalue weighted by Gasteiger charge is -2.05. The van der Waals surface area contributed by atoms with Crippen LogP contribution in [0.1, 0.15) is 11.3 Å². The van der Waals surface area contributed by atoms with Crippen molar-refractivity contribution in [2.45, 2.75) is 20.0 Å². The molecular formula is C16H15FN6O3. The van der Waals surface area contributed by atoms with Crippen LogP contribution >= 0.6 is 0 Å². The molecule has 26 heavy (non-hydrogen) atoms. The number of aromatic nitrogens is 4. The fourth-order valence-corrected chi connectivity index (χ4v) is 2.41. The summed E-state index contributed by atoms with van der Waals surface area (Å²) in [6, 6.07) is 7.94. The zero-order valence-corrected chi connectivity index (χ0v) is 13.8. The SMILES string of the molecule is Cc1c([N+](=O)[O-])cnn1CC(=O)Nc1ccn(Cc2ccccc2F)n1. The predicted octanol–water partition coefficient (Wildman–Crippen LogP) is 2.12. The maximum absolute atomic E-state index is 13.7. The average molecular weight is 358 g/mol. The van der Waals surface area contributed by atoms with Crippen molar-refractivity contribution >= 4 is 17.4 Å². The van der Waals surface area contributed by atoms with E-state index >= 15 is 0 Å². The molecule has 1 amide bonds. The second kappa shape index (κ2) is 7.13. The first-order chi connectivity index (χ1) is 12.4. The van der Waals surface area contributed by atoms with Crippen LogP contribution in [0.2, 0.25) is 0 Å². The van der Waals surface area contributed by atoms with Gasteiger partial charge in [0.2, 0.25) is 5.91 Å². The normalized spacial score (nSPS) is 10.7. The van der Waals surface area contributed by atoms with E-state index in [1.165, 1.54) is 22.4 Å². The second-order valence-electron chi connectivity index (χ2n) is 5.57. The van der Waals surface area contributed by atoms with E-state index in [0.29, 0.717) is 11.4 Å². The Morgan fingerprint density at radius 1 is 1.35 bits per heavy atom. The maximum Gasteiger partial charge on any atom is 0.309 e. The van der Waals surface area contributed by atoms with E-state index in [1.54, 1.807) is 30.5 Å². The van der Waals surface area contributed by atoms with Crippen molar-refractivity contribution in [3.8, 4) is 0 Å². The third-order valence-corrected chi connectivity index (χ3v) is 3.77. The van der Waals surface area contributed by atoms with Gasteiger partial charge in [-0.2, -0.15) is 10.2 Å². The summed E-state index contributed by atoms with van der Waals surface area (Å²) in [6.45, 7) is 1.56. The van der Waals surface area contributed by atoms with Crippen LogP contribution in [0.25, 0.3) is 0 Å². The lowest BCUT2D eigenvalue weighted by molar-refractivity contribution is -0.385. The Morgan fingerprint density at radius 3 is 2.81 bits per heavy atom. The molecule has 0 saturated heterocycles. The number of rotatable bonds is 6. The summed E-state index contributed by atoms with van der Waals surface area (Å²) in [6.07, 6.45) is 2.72. The topological polar surface area (TPSA) is 108 Å². The highest BCUT2D eigenvalue weighted by Gasteiger charge is 2.18. The third-order valence-electron chi connectivity index (χ3n) is 3.77. The number of carbonyl (C=O) groups excluding carboxylic acids is 1. The molecule has 1 N–H and O–H groups in total. The van der Waals surface area contributed by atoms with Gasteiger partial charge in [-0.1, -0.05) is 18.2 Å². The summed E-state index contributed by atoms with van der Waals surface area (Å²) in [4.78, 5) is 22.3. The van der Waals surface area contributed by atoms with Crippen LogP contribution in [0.5, 0.6) is 0 Å². The summed E-state index contributed by atoms with van der Waals surface area (Å²) < 4.78 is 16.4. The van der Waals surface area contributed by atoms with Gasteiger partial charge in [0.15, 0.2) is 5.82 Å². The Labute approximate surface area is 147 Å². The largest absolute Gasteiger partial charge is 0.309 e. The molecule has 10 heteroatoms. The minimum absolute atomic E-state index is 0.146. The lowest BCUT2D eigenvalue weighted by atomic mass is 10.2. The molecule has 9 nitrogen and oxygen atoms in total. The molecule has 2 heterocycles. The van der Waals surface area contributed by atoms with Crippen molar-refractivity contribution in [1.82, 2.24) is 19.6 Å². The van der Waals surface area contributed by atoms with Crippen molar-refractivity contribution in [2.75, 3.05) is 5.32 Å². The molecular weight excluding hydrogens is 343 g/mol. The molecule has 3 aromatic rings. The highest BCUT2D eigenvalue weighted by atomic mass is 19.1. The average Bonchev–Trinajstić information content (AvgIpc) is 3.17. The summed E-state index contributed by atoms with van der Waals surface area (Å²) in [5.74, 6) is -0.461. The van der Waals surface area contributed by atoms with Gasteiger partial charge in [0.05, 0.1) is 11.5 Å². The van der Waals surface area contributed by atoms with Crippen molar-refractivity contribution in [3.05, 3.63) is 69.9 Å². The molecule has 3 rings (SSSR count). The van der Waals surface area contributed by atoms with Crippen LogP contribution in [0.3, 0.4) is 0 Å². The Bertz CT molecular complexity index is 965. The Kier molecular flexibility index (Phi) is 4.74. The quantitative estimate of drug-likeness (QED) is 0.536. The molecule has 0 aliphatic carbocycles. The number of amides is 1. The zero-order valence-electron chi connectivity index (χ0n) is 13.8. The Morgan fingerprint density at radius 2 is 2.12 bits per heavy atom. The molecule has 0 atom stereocenters. The van der Waals surface area contributed by atoms with E-state index in [1.807, 2.05) is 0 Å². The fourth-order valence-electron chi connectivity index (χ4n) is 2.41. The molecule has 0 aliphatic heterocycles.